The van der Waals surface area contributed by atoms with Crippen LogP contribution in [0.5, 0.6) is 0 Å². The van der Waals surface area contributed by atoms with E-state index in [1.807, 2.05) is 0 Å². The van der Waals surface area contributed by atoms with Crippen molar-refractivity contribution in [2.45, 2.75) is 37.6 Å². The molecule has 0 aliphatic carbocycles. The molecular formula is C22H19F5N4O3. The number of carbonyl (C=O) groups is 1. The van der Waals surface area contributed by atoms with Crippen LogP contribution in [0.1, 0.15) is 28.4 Å². The van der Waals surface area contributed by atoms with Crippen LogP contribution < -0.4 is 0 Å². The van der Waals surface area contributed by atoms with Crippen LogP contribution in [0.2, 0.25) is 0 Å². The third kappa shape index (κ3) is 4.38. The molecule has 1 saturated heterocycles. The molecule has 1 aliphatic heterocycles. The van der Waals surface area contributed by atoms with Crippen LogP contribution in [0.15, 0.2) is 55.1 Å². The fourth-order valence-electron chi connectivity index (χ4n) is 4.11. The largest absolute Gasteiger partial charge is 0.416 e. The zero-order valence-corrected chi connectivity index (χ0v) is 17.7. The molecule has 1 amide bonds. The smallest absolute Gasteiger partial charge is 0.366 e. The summed E-state index contributed by atoms with van der Waals surface area (Å²) in [6, 6.07) is 5.45. The van der Waals surface area contributed by atoms with Crippen molar-refractivity contribution in [2.24, 2.45) is 0 Å². The van der Waals surface area contributed by atoms with E-state index in [-0.39, 0.29) is 24.2 Å². The molecule has 2 aromatic carbocycles. The first kappa shape index (κ1) is 23.8. The molecule has 12 heteroatoms. The zero-order valence-electron chi connectivity index (χ0n) is 17.7. The van der Waals surface area contributed by atoms with Gasteiger partial charge < -0.3 is 14.7 Å². The highest BCUT2D eigenvalue weighted by Crippen LogP contribution is 2.40. The number of aliphatic hydroxyl groups is 1. The molecule has 1 aliphatic rings. The van der Waals surface area contributed by atoms with Gasteiger partial charge in [0.2, 0.25) is 0 Å². The number of aromatic nitrogens is 3. The highest BCUT2D eigenvalue weighted by atomic mass is 19.4. The van der Waals surface area contributed by atoms with Crippen molar-refractivity contribution < 1.29 is 36.6 Å². The Morgan fingerprint density at radius 1 is 1.21 bits per heavy atom. The Bertz CT molecular complexity index is 1170. The number of carbonyl (C=O) groups excluding carboxylic acids is 1. The molecule has 0 bridgehead atoms. The number of aliphatic hydroxyl groups excluding tert-OH is 1. The predicted molar refractivity (Wildman–Crippen MR) is 107 cm³/mol. The molecule has 4 rings (SSSR count). The topological polar surface area (TPSA) is 80.5 Å². The highest BCUT2D eigenvalue weighted by molar-refractivity contribution is 5.94. The van der Waals surface area contributed by atoms with Crippen molar-refractivity contribution in [3.8, 4) is 0 Å². The molecule has 0 spiro atoms. The molecule has 3 aromatic rings. The van der Waals surface area contributed by atoms with E-state index in [9.17, 15) is 31.9 Å². The van der Waals surface area contributed by atoms with Gasteiger partial charge in [0.1, 0.15) is 29.9 Å². The van der Waals surface area contributed by atoms with E-state index in [0.29, 0.717) is 6.07 Å². The van der Waals surface area contributed by atoms with E-state index in [1.165, 1.54) is 29.2 Å². The van der Waals surface area contributed by atoms with Crippen LogP contribution in [0.3, 0.4) is 0 Å². The molecule has 1 aromatic heterocycles. The third-order valence-electron chi connectivity index (χ3n) is 5.81. The number of hydrogen-bond donors (Lipinski definition) is 1. The first-order valence-electron chi connectivity index (χ1n) is 10.1. The van der Waals surface area contributed by atoms with E-state index < -0.39 is 47.2 Å². The summed E-state index contributed by atoms with van der Waals surface area (Å²) >= 11 is 0. The number of halogens is 5. The maximum absolute atomic E-state index is 15.0. The normalized spacial score (nSPS) is 23.2. The van der Waals surface area contributed by atoms with Gasteiger partial charge in [-0.05, 0) is 37.3 Å². The molecule has 34 heavy (non-hydrogen) atoms. The van der Waals surface area contributed by atoms with E-state index in [1.54, 1.807) is 0 Å². The minimum atomic E-state index is -4.57. The van der Waals surface area contributed by atoms with Gasteiger partial charge in [-0.1, -0.05) is 6.07 Å². The maximum atomic E-state index is 15.0. The number of hydrogen-bond acceptors (Lipinski definition) is 5. The first-order valence-corrected chi connectivity index (χ1v) is 10.1. The SMILES string of the molecule is C[C@H]1N(C(=O)c2ccc(C(F)(F)F)cc2)C[C@@H](O)O[C@@]1(Cn1cncn1)c1ccc(F)cc1F. The Morgan fingerprint density at radius 3 is 2.50 bits per heavy atom. The number of ether oxygens (including phenoxy) is 1. The summed E-state index contributed by atoms with van der Waals surface area (Å²) in [5.41, 5.74) is -2.86. The van der Waals surface area contributed by atoms with Crippen molar-refractivity contribution in [2.75, 3.05) is 6.54 Å². The van der Waals surface area contributed by atoms with Gasteiger partial charge in [-0.25, -0.2) is 18.4 Å². The quantitative estimate of drug-likeness (QED) is 0.577. The lowest BCUT2D eigenvalue weighted by Gasteiger charge is -2.50. The Morgan fingerprint density at radius 2 is 1.91 bits per heavy atom. The summed E-state index contributed by atoms with van der Waals surface area (Å²) in [5, 5.41) is 14.5. The van der Waals surface area contributed by atoms with Gasteiger partial charge >= 0.3 is 6.18 Å². The second kappa shape index (κ2) is 8.76. The highest BCUT2D eigenvalue weighted by Gasteiger charge is 2.51. The average Bonchev–Trinajstić information content (AvgIpc) is 3.28. The molecule has 0 saturated carbocycles. The Balaban J connectivity index is 1.76. The van der Waals surface area contributed by atoms with Crippen molar-refractivity contribution in [3.63, 3.8) is 0 Å². The van der Waals surface area contributed by atoms with Gasteiger partial charge in [-0.2, -0.15) is 18.3 Å². The molecule has 0 radical (unpaired) electrons. The van der Waals surface area contributed by atoms with Gasteiger partial charge in [0, 0.05) is 17.2 Å². The van der Waals surface area contributed by atoms with E-state index in [0.717, 1.165) is 36.4 Å². The Labute approximate surface area is 190 Å². The number of amides is 1. The number of alkyl halides is 3. The predicted octanol–water partition coefficient (Wildman–Crippen LogP) is 3.35. The molecule has 2 heterocycles. The van der Waals surface area contributed by atoms with Crippen LogP contribution in [0.25, 0.3) is 0 Å². The standard InChI is InChI=1S/C22H19F5N4O3/c1-13-21(10-30-12-28-11-29-30,17-7-6-16(23)8-18(17)24)34-19(32)9-31(13)20(33)14-2-4-15(5-3-14)22(25,26)27/h2-8,11-13,19,32H,9-10H2,1H3/t13-,19+,21-/m1/s1. The summed E-state index contributed by atoms with van der Waals surface area (Å²) in [4.78, 5) is 18.3. The number of morpholine rings is 1. The molecule has 1 fully saturated rings. The fourth-order valence-corrected chi connectivity index (χ4v) is 4.11. The molecule has 7 nitrogen and oxygen atoms in total. The van der Waals surface area contributed by atoms with Gasteiger partial charge in [-0.3, -0.25) is 4.79 Å². The summed E-state index contributed by atoms with van der Waals surface area (Å²) in [5.74, 6) is -2.50. The van der Waals surface area contributed by atoms with Crippen LogP contribution >= 0.6 is 0 Å². The van der Waals surface area contributed by atoms with Crippen molar-refractivity contribution in [1.82, 2.24) is 19.7 Å². The summed E-state index contributed by atoms with van der Waals surface area (Å²) < 4.78 is 74.4. The monoisotopic (exact) mass is 482 g/mol. The summed E-state index contributed by atoms with van der Waals surface area (Å²) in [6.45, 7) is 1.00. The van der Waals surface area contributed by atoms with Gasteiger partial charge in [0.25, 0.3) is 5.91 Å². The Hall–Kier alpha value is -3.38. The van der Waals surface area contributed by atoms with Crippen molar-refractivity contribution in [1.29, 1.82) is 0 Å². The van der Waals surface area contributed by atoms with E-state index >= 15 is 0 Å². The first-order chi connectivity index (χ1) is 16.0. The third-order valence-corrected chi connectivity index (χ3v) is 5.81. The van der Waals surface area contributed by atoms with Crippen LogP contribution in [-0.4, -0.2) is 49.6 Å². The maximum Gasteiger partial charge on any atom is 0.416 e. The Kier molecular flexibility index (Phi) is 6.13. The number of benzene rings is 2. The lowest BCUT2D eigenvalue weighted by molar-refractivity contribution is -0.255. The average molecular weight is 482 g/mol. The lowest BCUT2D eigenvalue weighted by atomic mass is 9.83. The van der Waals surface area contributed by atoms with Gasteiger partial charge in [0.05, 0.1) is 24.7 Å². The van der Waals surface area contributed by atoms with Gasteiger partial charge in [0.15, 0.2) is 6.29 Å². The molecule has 3 atom stereocenters. The van der Waals surface area contributed by atoms with E-state index in [2.05, 4.69) is 10.1 Å². The zero-order chi connectivity index (χ0) is 24.7. The molecule has 0 unspecified atom stereocenters. The number of rotatable bonds is 4. The molecule has 180 valence electrons. The minimum absolute atomic E-state index is 0.0665. The number of nitrogens with zero attached hydrogens (tertiary/aromatic N) is 4. The summed E-state index contributed by atoms with van der Waals surface area (Å²) in [7, 11) is 0. The molecular weight excluding hydrogens is 463 g/mol. The second-order valence-corrected chi connectivity index (χ2v) is 7.89. The van der Waals surface area contributed by atoms with Crippen molar-refractivity contribution >= 4 is 5.91 Å². The van der Waals surface area contributed by atoms with Crippen LogP contribution in [0.4, 0.5) is 22.0 Å². The fraction of sp³-hybridized carbons (Fsp3) is 0.318. The van der Waals surface area contributed by atoms with E-state index in [4.69, 9.17) is 4.74 Å². The minimum Gasteiger partial charge on any atom is -0.366 e. The van der Waals surface area contributed by atoms with Crippen LogP contribution in [0, 0.1) is 11.6 Å². The van der Waals surface area contributed by atoms with Crippen LogP contribution in [-0.2, 0) is 23.1 Å². The second-order valence-electron chi connectivity index (χ2n) is 7.89. The summed E-state index contributed by atoms with van der Waals surface area (Å²) in [6.07, 6.45) is -3.61. The molecule has 1 N–H and O–H groups in total. The van der Waals surface area contributed by atoms with Gasteiger partial charge in [-0.15, -0.1) is 0 Å². The van der Waals surface area contributed by atoms with Crippen molar-refractivity contribution in [3.05, 3.63) is 83.4 Å². The lowest BCUT2D eigenvalue weighted by Crippen LogP contribution is -2.63. The number of β-amino-alcohol motifs (C(OH)–C–C–N with tert-alkyl or cyclic N) is 1.